The molecule has 0 saturated carbocycles. The molecule has 1 heterocycles. The van der Waals surface area contributed by atoms with Gasteiger partial charge in [-0.05, 0) is 35.4 Å². The van der Waals surface area contributed by atoms with Crippen LogP contribution in [0.2, 0.25) is 15.1 Å². The molecular formula is C17H13Cl3N2S. The summed E-state index contributed by atoms with van der Waals surface area (Å²) in [6.45, 7) is 0. The van der Waals surface area contributed by atoms with Crippen molar-refractivity contribution < 1.29 is 0 Å². The van der Waals surface area contributed by atoms with Crippen LogP contribution >= 0.6 is 46.6 Å². The van der Waals surface area contributed by atoms with Gasteiger partial charge < -0.3 is 4.57 Å². The minimum Gasteiger partial charge on any atom is -0.322 e. The Morgan fingerprint density at radius 1 is 1.00 bits per heavy atom. The first-order valence-electron chi connectivity index (χ1n) is 6.89. The van der Waals surface area contributed by atoms with Gasteiger partial charge >= 0.3 is 0 Å². The first-order valence-corrected chi connectivity index (χ1v) is 9.01. The summed E-state index contributed by atoms with van der Waals surface area (Å²) in [5.41, 5.74) is 3.17. The topological polar surface area (TPSA) is 17.8 Å². The van der Waals surface area contributed by atoms with Gasteiger partial charge in [0.25, 0.3) is 0 Å². The quantitative estimate of drug-likeness (QED) is 0.489. The molecule has 23 heavy (non-hydrogen) atoms. The number of aromatic nitrogens is 2. The molecule has 0 radical (unpaired) electrons. The third-order valence-corrected chi connectivity index (χ3v) is 5.39. The van der Waals surface area contributed by atoms with E-state index in [2.05, 4.69) is 9.55 Å². The van der Waals surface area contributed by atoms with Crippen LogP contribution in [0.25, 0.3) is 11.3 Å². The molecule has 0 saturated heterocycles. The molecule has 1 aromatic heterocycles. The number of thioether (sulfide) groups is 1. The molecule has 2 nitrogen and oxygen atoms in total. The molecule has 2 aromatic carbocycles. The molecule has 0 aliphatic rings. The second-order valence-corrected chi connectivity index (χ2v) is 7.24. The summed E-state index contributed by atoms with van der Waals surface area (Å²) >= 11 is 19.7. The second kappa shape index (κ2) is 7.18. The van der Waals surface area contributed by atoms with Gasteiger partial charge in [0.1, 0.15) is 0 Å². The van der Waals surface area contributed by atoms with Crippen LogP contribution in [0.4, 0.5) is 0 Å². The lowest BCUT2D eigenvalue weighted by atomic mass is 10.2. The van der Waals surface area contributed by atoms with E-state index in [0.29, 0.717) is 10.0 Å². The highest BCUT2D eigenvalue weighted by atomic mass is 35.5. The van der Waals surface area contributed by atoms with Gasteiger partial charge in [-0.1, -0.05) is 64.8 Å². The Hall–Kier alpha value is -1.13. The monoisotopic (exact) mass is 382 g/mol. The Bertz CT molecular complexity index is 828. The van der Waals surface area contributed by atoms with Gasteiger partial charge in [-0.25, -0.2) is 4.98 Å². The molecule has 6 heteroatoms. The van der Waals surface area contributed by atoms with Gasteiger partial charge in [0.15, 0.2) is 5.16 Å². The maximum Gasteiger partial charge on any atom is 0.168 e. The van der Waals surface area contributed by atoms with Crippen LogP contribution in [0, 0.1) is 0 Å². The standard InChI is InChI=1S/C17H13Cl3N2S/c1-22-16(11-2-5-13(18)6-3-11)9-21-17(22)23-10-12-4-7-14(19)8-15(12)20/h2-9H,10H2,1H3. The van der Waals surface area contributed by atoms with E-state index in [1.807, 2.05) is 49.6 Å². The maximum atomic E-state index is 6.21. The molecule has 0 unspecified atom stereocenters. The molecule has 0 aliphatic heterocycles. The van der Waals surface area contributed by atoms with Crippen molar-refractivity contribution in [2.45, 2.75) is 10.9 Å². The average Bonchev–Trinajstić information content (AvgIpc) is 2.88. The Morgan fingerprint density at radius 2 is 1.70 bits per heavy atom. The van der Waals surface area contributed by atoms with Gasteiger partial charge in [-0.3, -0.25) is 0 Å². The summed E-state index contributed by atoms with van der Waals surface area (Å²) in [5.74, 6) is 0.737. The third kappa shape index (κ3) is 3.86. The van der Waals surface area contributed by atoms with Crippen molar-refractivity contribution in [2.24, 2.45) is 7.05 Å². The van der Waals surface area contributed by atoms with Crippen molar-refractivity contribution in [3.63, 3.8) is 0 Å². The van der Waals surface area contributed by atoms with Crippen LogP contribution in [0.3, 0.4) is 0 Å². The number of halogens is 3. The molecule has 3 rings (SSSR count). The number of rotatable bonds is 4. The van der Waals surface area contributed by atoms with E-state index in [9.17, 15) is 0 Å². The lowest BCUT2D eigenvalue weighted by molar-refractivity contribution is 0.796. The molecule has 0 fully saturated rings. The molecule has 0 bridgehead atoms. The summed E-state index contributed by atoms with van der Waals surface area (Å²) in [6.07, 6.45) is 1.87. The fraction of sp³-hybridized carbons (Fsp3) is 0.118. The predicted octanol–water partition coefficient (Wildman–Crippen LogP) is 6.34. The van der Waals surface area contributed by atoms with E-state index < -0.39 is 0 Å². The number of hydrogen-bond acceptors (Lipinski definition) is 2. The van der Waals surface area contributed by atoms with Gasteiger partial charge in [0, 0.05) is 27.9 Å². The second-order valence-electron chi connectivity index (χ2n) is 5.02. The lowest BCUT2D eigenvalue weighted by Crippen LogP contribution is -1.94. The van der Waals surface area contributed by atoms with Crippen molar-refractivity contribution in [2.75, 3.05) is 0 Å². The zero-order valence-electron chi connectivity index (χ0n) is 12.3. The van der Waals surface area contributed by atoms with E-state index in [1.165, 1.54) is 0 Å². The Kier molecular flexibility index (Phi) is 5.22. The Balaban J connectivity index is 1.78. The smallest absolute Gasteiger partial charge is 0.168 e. The molecule has 0 N–H and O–H groups in total. The van der Waals surface area contributed by atoms with E-state index in [1.54, 1.807) is 17.8 Å². The minimum atomic E-state index is 0.644. The fourth-order valence-corrected chi connectivity index (χ4v) is 3.83. The van der Waals surface area contributed by atoms with E-state index in [0.717, 1.165) is 32.8 Å². The van der Waals surface area contributed by atoms with Gasteiger partial charge in [-0.15, -0.1) is 0 Å². The largest absolute Gasteiger partial charge is 0.322 e. The Labute approximate surface area is 154 Å². The molecule has 0 spiro atoms. The van der Waals surface area contributed by atoms with E-state index >= 15 is 0 Å². The number of hydrogen-bond donors (Lipinski definition) is 0. The zero-order valence-corrected chi connectivity index (χ0v) is 15.3. The van der Waals surface area contributed by atoms with E-state index in [4.69, 9.17) is 34.8 Å². The first-order chi connectivity index (χ1) is 11.0. The normalized spacial score (nSPS) is 11.0. The summed E-state index contributed by atoms with van der Waals surface area (Å²) in [6, 6.07) is 13.3. The highest BCUT2D eigenvalue weighted by Gasteiger charge is 2.10. The average molecular weight is 384 g/mol. The molecule has 0 amide bonds. The summed E-state index contributed by atoms with van der Waals surface area (Å²) in [4.78, 5) is 4.50. The first kappa shape index (κ1) is 16.7. The summed E-state index contributed by atoms with van der Waals surface area (Å²) in [7, 11) is 2.00. The van der Waals surface area contributed by atoms with Crippen molar-refractivity contribution >= 4 is 46.6 Å². The molecule has 118 valence electrons. The highest BCUT2D eigenvalue weighted by Crippen LogP contribution is 2.30. The molecule has 0 aliphatic carbocycles. The van der Waals surface area contributed by atoms with Crippen LogP contribution in [0.1, 0.15) is 5.56 Å². The fourth-order valence-electron chi connectivity index (χ4n) is 2.20. The van der Waals surface area contributed by atoms with Crippen LogP contribution in [-0.2, 0) is 12.8 Å². The summed E-state index contributed by atoms with van der Waals surface area (Å²) in [5, 5.41) is 2.98. The predicted molar refractivity (Wildman–Crippen MR) is 99.7 cm³/mol. The van der Waals surface area contributed by atoms with Gasteiger partial charge in [0.2, 0.25) is 0 Å². The van der Waals surface area contributed by atoms with Crippen molar-refractivity contribution in [3.05, 3.63) is 69.3 Å². The molecule has 3 aromatic rings. The van der Waals surface area contributed by atoms with Crippen LogP contribution in [0.5, 0.6) is 0 Å². The van der Waals surface area contributed by atoms with Crippen LogP contribution in [0.15, 0.2) is 53.8 Å². The van der Waals surface area contributed by atoms with Crippen molar-refractivity contribution in [3.8, 4) is 11.3 Å². The maximum absolute atomic E-state index is 6.21. The SMILES string of the molecule is Cn1c(-c2ccc(Cl)cc2)cnc1SCc1ccc(Cl)cc1Cl. The van der Waals surface area contributed by atoms with Gasteiger partial charge in [0.05, 0.1) is 11.9 Å². The molecule has 0 atom stereocenters. The third-order valence-electron chi connectivity index (χ3n) is 3.46. The number of benzene rings is 2. The Morgan fingerprint density at radius 3 is 2.39 bits per heavy atom. The lowest BCUT2D eigenvalue weighted by Gasteiger charge is -2.07. The van der Waals surface area contributed by atoms with Crippen LogP contribution < -0.4 is 0 Å². The van der Waals surface area contributed by atoms with E-state index in [-0.39, 0.29) is 0 Å². The van der Waals surface area contributed by atoms with Crippen molar-refractivity contribution in [1.82, 2.24) is 9.55 Å². The molecular weight excluding hydrogens is 371 g/mol. The zero-order chi connectivity index (χ0) is 16.4. The number of imidazole rings is 1. The van der Waals surface area contributed by atoms with Crippen molar-refractivity contribution in [1.29, 1.82) is 0 Å². The summed E-state index contributed by atoms with van der Waals surface area (Å²) < 4.78 is 2.07. The van der Waals surface area contributed by atoms with Crippen LogP contribution in [-0.4, -0.2) is 9.55 Å². The van der Waals surface area contributed by atoms with Gasteiger partial charge in [-0.2, -0.15) is 0 Å². The highest BCUT2D eigenvalue weighted by molar-refractivity contribution is 7.98. The minimum absolute atomic E-state index is 0.644. The number of nitrogens with zero attached hydrogens (tertiary/aromatic N) is 2.